The molecule has 8 nitrogen and oxygen atoms in total. The molecule has 0 fully saturated rings. The summed E-state index contributed by atoms with van der Waals surface area (Å²) < 4.78 is 0. The lowest BCUT2D eigenvalue weighted by Gasteiger charge is -2.29. The Kier molecular flexibility index (Phi) is 4.12. The maximum absolute atomic E-state index is 11.0. The molecule has 0 saturated heterocycles. The average Bonchev–Trinajstić information content (AvgIpc) is 2.71. The van der Waals surface area contributed by atoms with Crippen molar-refractivity contribution in [3.05, 3.63) is 63.2 Å². The van der Waals surface area contributed by atoms with Gasteiger partial charge in [0.25, 0.3) is 5.69 Å². The summed E-state index contributed by atoms with van der Waals surface area (Å²) in [5, 5.41) is 21.0. The van der Waals surface area contributed by atoms with Crippen LogP contribution in [0.5, 0.6) is 0 Å². The minimum Gasteiger partial charge on any atom is -0.350 e. The van der Waals surface area contributed by atoms with Gasteiger partial charge in [-0.3, -0.25) is 10.1 Å². The van der Waals surface area contributed by atoms with Crippen molar-refractivity contribution < 1.29 is 4.92 Å². The fourth-order valence-corrected chi connectivity index (χ4v) is 3.28. The second-order valence-electron chi connectivity index (χ2n) is 6.38. The number of aromatic nitrogens is 3. The average molecular weight is 360 g/mol. The van der Waals surface area contributed by atoms with Gasteiger partial charge in [-0.05, 0) is 24.1 Å². The van der Waals surface area contributed by atoms with Crippen LogP contribution >= 0.6 is 0 Å². The summed E-state index contributed by atoms with van der Waals surface area (Å²) in [6, 6.07) is 8.23. The fourth-order valence-electron chi connectivity index (χ4n) is 3.28. The number of non-ortho nitro benzene ring substituents is 1. The van der Waals surface area contributed by atoms with Crippen molar-refractivity contribution in [3.63, 3.8) is 0 Å². The Morgan fingerprint density at radius 1 is 1.33 bits per heavy atom. The van der Waals surface area contributed by atoms with E-state index in [0.717, 1.165) is 36.5 Å². The standard InChI is InChI=1S/C19H16N6O2/c1-2-18-21-10-12-5-6-24(11-17(12)22-18)19-7-13(9-20)15-8-14(25(26)27)3-4-16(15)23-19/h3-4,7-8,10H,2,5-6,11H2,1H3. The van der Waals surface area contributed by atoms with E-state index in [9.17, 15) is 15.4 Å². The molecular formula is C19H16N6O2. The molecule has 3 aromatic rings. The van der Waals surface area contributed by atoms with Crippen LogP contribution in [0.4, 0.5) is 11.5 Å². The summed E-state index contributed by atoms with van der Waals surface area (Å²) in [5.41, 5.74) is 3.01. The third-order valence-corrected chi connectivity index (χ3v) is 4.75. The monoisotopic (exact) mass is 360 g/mol. The normalized spacial score (nSPS) is 13.3. The molecule has 0 amide bonds. The van der Waals surface area contributed by atoms with Crippen LogP contribution in [0.25, 0.3) is 10.9 Å². The van der Waals surface area contributed by atoms with Crippen molar-refractivity contribution in [2.24, 2.45) is 0 Å². The molecule has 0 spiro atoms. The lowest BCUT2D eigenvalue weighted by atomic mass is 10.1. The Morgan fingerprint density at radius 2 is 2.19 bits per heavy atom. The Balaban J connectivity index is 1.75. The highest BCUT2D eigenvalue weighted by molar-refractivity contribution is 5.88. The molecule has 1 aromatic carbocycles. The predicted molar refractivity (Wildman–Crippen MR) is 99.3 cm³/mol. The first-order valence-electron chi connectivity index (χ1n) is 8.67. The third-order valence-electron chi connectivity index (χ3n) is 4.75. The van der Waals surface area contributed by atoms with Gasteiger partial charge in [-0.25, -0.2) is 15.0 Å². The van der Waals surface area contributed by atoms with E-state index in [2.05, 4.69) is 25.9 Å². The minimum atomic E-state index is -0.471. The van der Waals surface area contributed by atoms with E-state index in [0.29, 0.717) is 28.8 Å². The molecule has 0 N–H and O–H groups in total. The zero-order valence-corrected chi connectivity index (χ0v) is 14.7. The largest absolute Gasteiger partial charge is 0.350 e. The molecule has 0 unspecified atom stereocenters. The second-order valence-corrected chi connectivity index (χ2v) is 6.38. The van der Waals surface area contributed by atoms with Crippen LogP contribution < -0.4 is 4.90 Å². The lowest BCUT2D eigenvalue weighted by molar-refractivity contribution is -0.384. The summed E-state index contributed by atoms with van der Waals surface area (Å²) in [6.45, 7) is 3.37. The molecule has 4 rings (SSSR count). The van der Waals surface area contributed by atoms with Gasteiger partial charge >= 0.3 is 0 Å². The molecule has 0 atom stereocenters. The molecule has 2 aromatic heterocycles. The number of nitro groups is 1. The number of nitriles is 1. The van der Waals surface area contributed by atoms with Gasteiger partial charge in [-0.15, -0.1) is 0 Å². The zero-order valence-electron chi connectivity index (χ0n) is 14.7. The summed E-state index contributed by atoms with van der Waals surface area (Å²) in [4.78, 5) is 26.2. The molecule has 0 radical (unpaired) electrons. The third kappa shape index (κ3) is 3.04. The smallest absolute Gasteiger partial charge is 0.270 e. The Morgan fingerprint density at radius 3 is 2.93 bits per heavy atom. The molecule has 134 valence electrons. The van der Waals surface area contributed by atoms with Gasteiger partial charge in [-0.1, -0.05) is 6.92 Å². The number of benzene rings is 1. The van der Waals surface area contributed by atoms with Gasteiger partial charge in [0.1, 0.15) is 11.6 Å². The Bertz CT molecular complexity index is 1110. The van der Waals surface area contributed by atoms with Crippen molar-refractivity contribution in [1.82, 2.24) is 15.0 Å². The number of anilines is 1. The van der Waals surface area contributed by atoms with Crippen molar-refractivity contribution >= 4 is 22.4 Å². The van der Waals surface area contributed by atoms with Crippen LogP contribution in [-0.4, -0.2) is 26.4 Å². The second kappa shape index (κ2) is 6.61. The number of hydrogen-bond donors (Lipinski definition) is 0. The van der Waals surface area contributed by atoms with Gasteiger partial charge in [0.2, 0.25) is 0 Å². The van der Waals surface area contributed by atoms with Gasteiger partial charge in [0.05, 0.1) is 34.3 Å². The van der Waals surface area contributed by atoms with Crippen LogP contribution in [-0.2, 0) is 19.4 Å². The SMILES string of the molecule is CCc1ncc2c(n1)CN(c1cc(C#N)c3cc([N+](=O)[O-])ccc3n1)CC2. The molecule has 3 heterocycles. The molecule has 27 heavy (non-hydrogen) atoms. The van der Waals surface area contributed by atoms with Crippen LogP contribution in [0.2, 0.25) is 0 Å². The molecule has 1 aliphatic rings. The van der Waals surface area contributed by atoms with E-state index in [-0.39, 0.29) is 5.69 Å². The zero-order chi connectivity index (χ0) is 19.0. The first-order valence-corrected chi connectivity index (χ1v) is 8.67. The van der Waals surface area contributed by atoms with E-state index in [1.807, 2.05) is 13.1 Å². The van der Waals surface area contributed by atoms with E-state index in [4.69, 9.17) is 0 Å². The maximum Gasteiger partial charge on any atom is 0.270 e. The van der Waals surface area contributed by atoms with E-state index in [1.165, 1.54) is 12.1 Å². The van der Waals surface area contributed by atoms with Crippen molar-refractivity contribution in [2.75, 3.05) is 11.4 Å². The highest BCUT2D eigenvalue weighted by Gasteiger charge is 2.21. The van der Waals surface area contributed by atoms with Crippen molar-refractivity contribution in [1.29, 1.82) is 5.26 Å². The number of aryl methyl sites for hydroxylation is 1. The topological polar surface area (TPSA) is 109 Å². The van der Waals surface area contributed by atoms with E-state index in [1.54, 1.807) is 12.1 Å². The van der Waals surface area contributed by atoms with E-state index < -0.39 is 4.92 Å². The molecule has 0 saturated carbocycles. The van der Waals surface area contributed by atoms with Gasteiger partial charge < -0.3 is 4.90 Å². The summed E-state index contributed by atoms with van der Waals surface area (Å²) in [6.07, 6.45) is 3.48. The van der Waals surface area contributed by atoms with Crippen LogP contribution in [0.15, 0.2) is 30.5 Å². The maximum atomic E-state index is 11.0. The first-order chi connectivity index (χ1) is 13.1. The van der Waals surface area contributed by atoms with Gasteiger partial charge in [0, 0.05) is 36.7 Å². The predicted octanol–water partition coefficient (Wildman–Crippen LogP) is 2.93. The molecule has 1 aliphatic heterocycles. The number of rotatable bonds is 3. The number of nitro benzene ring substituents is 1. The lowest BCUT2D eigenvalue weighted by Crippen LogP contribution is -2.32. The molecule has 0 aliphatic carbocycles. The Hall–Kier alpha value is -3.60. The fraction of sp³-hybridized carbons (Fsp3) is 0.263. The van der Waals surface area contributed by atoms with E-state index >= 15 is 0 Å². The molecule has 0 bridgehead atoms. The van der Waals surface area contributed by atoms with Crippen LogP contribution in [0.3, 0.4) is 0 Å². The van der Waals surface area contributed by atoms with Crippen LogP contribution in [0, 0.1) is 21.4 Å². The number of nitrogens with zero attached hydrogens (tertiary/aromatic N) is 6. The highest BCUT2D eigenvalue weighted by Crippen LogP contribution is 2.28. The van der Waals surface area contributed by atoms with Crippen LogP contribution in [0.1, 0.15) is 29.6 Å². The number of fused-ring (bicyclic) bond motifs is 2. The Labute approximate surface area is 155 Å². The molecule has 8 heteroatoms. The van der Waals surface area contributed by atoms with Crippen molar-refractivity contribution in [3.8, 4) is 6.07 Å². The summed E-state index contributed by atoms with van der Waals surface area (Å²) >= 11 is 0. The number of hydrogen-bond acceptors (Lipinski definition) is 7. The van der Waals surface area contributed by atoms with Gasteiger partial charge in [-0.2, -0.15) is 5.26 Å². The van der Waals surface area contributed by atoms with Gasteiger partial charge in [0.15, 0.2) is 0 Å². The highest BCUT2D eigenvalue weighted by atomic mass is 16.6. The first kappa shape index (κ1) is 16.8. The summed E-state index contributed by atoms with van der Waals surface area (Å²) in [5.74, 6) is 1.49. The minimum absolute atomic E-state index is 0.0516. The van der Waals surface area contributed by atoms with Crippen molar-refractivity contribution in [2.45, 2.75) is 26.3 Å². The molecular weight excluding hydrogens is 344 g/mol. The quantitative estimate of drug-likeness (QED) is 0.522. The summed E-state index contributed by atoms with van der Waals surface area (Å²) in [7, 11) is 0. The number of pyridine rings is 1.